The van der Waals surface area contributed by atoms with Gasteiger partial charge in [-0.05, 0) is 41.8 Å². The number of hydrogen-bond donors (Lipinski definition) is 3. The van der Waals surface area contributed by atoms with E-state index in [0.717, 1.165) is 17.2 Å². The van der Waals surface area contributed by atoms with E-state index >= 15 is 0 Å². The zero-order chi connectivity index (χ0) is 26.1. The Kier molecular flexibility index (Phi) is 6.39. The summed E-state index contributed by atoms with van der Waals surface area (Å²) in [4.78, 5) is 20.5. The summed E-state index contributed by atoms with van der Waals surface area (Å²) in [7, 11) is 0. The number of aromatic amines is 2. The predicted molar refractivity (Wildman–Crippen MR) is 127 cm³/mol. The molecule has 0 aliphatic carbocycles. The number of carboxylic acids is 1. The summed E-state index contributed by atoms with van der Waals surface area (Å²) in [5, 5.41) is 8.70. The number of ether oxygens (including phenoxy) is 1. The second-order valence-corrected chi connectivity index (χ2v) is 8.43. The van der Waals surface area contributed by atoms with Crippen LogP contribution < -0.4 is 4.74 Å². The molecule has 2 aromatic heterocycles. The van der Waals surface area contributed by atoms with E-state index in [-0.39, 0.29) is 34.5 Å². The molecule has 6 nitrogen and oxygen atoms in total. The summed E-state index contributed by atoms with van der Waals surface area (Å²) in [6.45, 7) is 0. The second-order valence-electron chi connectivity index (χ2n) is 8.43. The highest BCUT2D eigenvalue weighted by Gasteiger charge is 2.23. The number of carboxylic acid groups (broad SMARTS) is 1. The van der Waals surface area contributed by atoms with Crippen LogP contribution in [0.15, 0.2) is 60.9 Å². The van der Waals surface area contributed by atoms with Crippen molar-refractivity contribution in [1.82, 2.24) is 15.0 Å². The van der Waals surface area contributed by atoms with Gasteiger partial charge in [0, 0.05) is 36.3 Å². The maximum Gasteiger partial charge on any atom is 0.303 e. The Hall–Kier alpha value is -4.60. The number of rotatable bonds is 8. The fraction of sp³-hybridized carbons (Fsp3) is 0.111. The van der Waals surface area contributed by atoms with Crippen molar-refractivity contribution in [2.45, 2.75) is 19.3 Å². The minimum absolute atomic E-state index is 0.0111. The first kappa shape index (κ1) is 24.1. The van der Waals surface area contributed by atoms with Crippen LogP contribution in [0.25, 0.3) is 22.3 Å². The molecular weight excluding hydrogens is 490 g/mol. The van der Waals surface area contributed by atoms with Crippen LogP contribution in [0.5, 0.6) is 11.5 Å². The fourth-order valence-corrected chi connectivity index (χ4v) is 4.07. The Morgan fingerprint density at radius 3 is 2.59 bits per heavy atom. The van der Waals surface area contributed by atoms with Crippen LogP contribution in [-0.2, 0) is 17.6 Å². The van der Waals surface area contributed by atoms with Crippen molar-refractivity contribution in [3.8, 4) is 22.9 Å². The molecule has 188 valence electrons. The van der Waals surface area contributed by atoms with Crippen LogP contribution in [0.1, 0.15) is 23.2 Å². The number of H-pyrrole nitrogens is 2. The average molecular weight is 509 g/mol. The molecule has 37 heavy (non-hydrogen) atoms. The zero-order valence-electron chi connectivity index (χ0n) is 19.1. The van der Waals surface area contributed by atoms with Crippen molar-refractivity contribution >= 4 is 16.9 Å². The molecule has 10 heteroatoms. The van der Waals surface area contributed by atoms with Crippen molar-refractivity contribution in [1.29, 1.82) is 0 Å². The number of nitrogens with one attached hydrogen (secondary N) is 2. The van der Waals surface area contributed by atoms with Crippen LogP contribution in [0.2, 0.25) is 0 Å². The summed E-state index contributed by atoms with van der Waals surface area (Å²) in [6.07, 6.45) is 3.65. The largest absolute Gasteiger partial charge is 0.481 e. The van der Waals surface area contributed by atoms with E-state index in [4.69, 9.17) is 9.84 Å². The molecule has 0 atom stereocenters. The van der Waals surface area contributed by atoms with E-state index < -0.39 is 35.0 Å². The number of hydrogen-bond acceptors (Lipinski definition) is 3. The number of carbonyl (C=O) groups is 1. The first-order valence-corrected chi connectivity index (χ1v) is 11.2. The Balaban J connectivity index is 1.39. The molecule has 0 bridgehead atoms. The number of halogens is 4. The maximum atomic E-state index is 14.8. The normalized spacial score (nSPS) is 11.2. The summed E-state index contributed by atoms with van der Waals surface area (Å²) in [5.74, 6) is -6.32. The molecule has 0 unspecified atom stereocenters. The highest BCUT2D eigenvalue weighted by atomic mass is 19.2. The van der Waals surface area contributed by atoms with Crippen LogP contribution in [0.4, 0.5) is 17.6 Å². The molecule has 3 aromatic carbocycles. The number of aliphatic carboxylic acids is 1. The van der Waals surface area contributed by atoms with Gasteiger partial charge in [-0.1, -0.05) is 24.3 Å². The van der Waals surface area contributed by atoms with Gasteiger partial charge in [0.25, 0.3) is 0 Å². The predicted octanol–water partition coefficient (Wildman–Crippen LogP) is 6.51. The van der Waals surface area contributed by atoms with Gasteiger partial charge in [-0.25, -0.2) is 18.2 Å². The number of imidazole rings is 1. The summed E-state index contributed by atoms with van der Waals surface area (Å²) >= 11 is 0. The third-order valence-electron chi connectivity index (χ3n) is 5.85. The van der Waals surface area contributed by atoms with Gasteiger partial charge in [-0.2, -0.15) is 4.39 Å². The third-order valence-corrected chi connectivity index (χ3v) is 5.85. The van der Waals surface area contributed by atoms with E-state index in [1.54, 1.807) is 0 Å². The summed E-state index contributed by atoms with van der Waals surface area (Å²) in [5.41, 5.74) is 2.11. The van der Waals surface area contributed by atoms with Crippen molar-refractivity contribution < 1.29 is 32.2 Å². The van der Waals surface area contributed by atoms with Crippen molar-refractivity contribution in [3.05, 3.63) is 101 Å². The van der Waals surface area contributed by atoms with Gasteiger partial charge in [0.15, 0.2) is 11.6 Å². The molecule has 2 heterocycles. The zero-order valence-corrected chi connectivity index (χ0v) is 19.1. The highest BCUT2D eigenvalue weighted by Crippen LogP contribution is 2.36. The number of aryl methyl sites for hydroxylation is 1. The molecule has 0 amide bonds. The first-order valence-electron chi connectivity index (χ1n) is 11.2. The van der Waals surface area contributed by atoms with E-state index in [1.165, 1.54) is 30.6 Å². The monoisotopic (exact) mass is 509 g/mol. The minimum atomic E-state index is -1.51. The number of nitrogens with zero attached hydrogens (tertiary/aromatic N) is 1. The molecule has 5 aromatic rings. The molecule has 0 fully saturated rings. The van der Waals surface area contributed by atoms with Crippen LogP contribution >= 0.6 is 0 Å². The molecule has 0 aliphatic heterocycles. The molecule has 3 N–H and O–H groups in total. The lowest BCUT2D eigenvalue weighted by Gasteiger charge is -2.11. The summed E-state index contributed by atoms with van der Waals surface area (Å²) in [6, 6.07) is 12.1. The van der Waals surface area contributed by atoms with Crippen molar-refractivity contribution in [2.75, 3.05) is 0 Å². The van der Waals surface area contributed by atoms with Gasteiger partial charge < -0.3 is 19.8 Å². The standard InChI is InChI=1S/C27H19F4N3O3/c28-20-6-5-17(37-26-22(29)18-8-9-32-25(18)23(30)24(26)31)12-19(20)27-33-13-16(34-27)11-15-3-1-2-14(10-15)4-7-21(35)36/h1-3,5-6,8-10,12-13,32H,4,7,11H2,(H,33,34)(H,35,36). The van der Waals surface area contributed by atoms with Gasteiger partial charge in [0.1, 0.15) is 17.4 Å². The molecule has 5 rings (SSSR count). The smallest absolute Gasteiger partial charge is 0.303 e. The molecule has 0 radical (unpaired) electrons. The minimum Gasteiger partial charge on any atom is -0.481 e. The average Bonchev–Trinajstić information content (AvgIpc) is 3.56. The Bertz CT molecular complexity index is 1630. The van der Waals surface area contributed by atoms with Crippen LogP contribution in [0, 0.1) is 23.3 Å². The van der Waals surface area contributed by atoms with E-state index in [9.17, 15) is 22.4 Å². The third kappa shape index (κ3) is 4.90. The van der Waals surface area contributed by atoms with Gasteiger partial charge in [-0.15, -0.1) is 0 Å². The van der Waals surface area contributed by atoms with Crippen LogP contribution in [0.3, 0.4) is 0 Å². The van der Waals surface area contributed by atoms with E-state index in [2.05, 4.69) is 15.0 Å². The Labute approximate surface area is 207 Å². The molecule has 0 saturated carbocycles. The van der Waals surface area contributed by atoms with Crippen LogP contribution in [-0.4, -0.2) is 26.0 Å². The van der Waals surface area contributed by atoms with Crippen molar-refractivity contribution in [2.24, 2.45) is 0 Å². The SMILES string of the molecule is O=C(O)CCc1cccc(Cc2cnc(-c3cc(Oc4c(F)c(F)c5[nH]ccc5c4F)ccc3F)[nH]2)c1. The van der Waals surface area contributed by atoms with E-state index in [0.29, 0.717) is 18.5 Å². The quantitative estimate of drug-likeness (QED) is 0.164. The molecule has 0 saturated heterocycles. The molecule has 0 spiro atoms. The lowest BCUT2D eigenvalue weighted by molar-refractivity contribution is -0.136. The Morgan fingerprint density at radius 2 is 1.78 bits per heavy atom. The van der Waals surface area contributed by atoms with Gasteiger partial charge in [0.05, 0.1) is 11.1 Å². The fourth-order valence-electron chi connectivity index (χ4n) is 4.07. The lowest BCUT2D eigenvalue weighted by Crippen LogP contribution is -1.99. The van der Waals surface area contributed by atoms with E-state index in [1.807, 2.05) is 24.3 Å². The number of benzene rings is 3. The first-order chi connectivity index (χ1) is 17.8. The number of aromatic nitrogens is 3. The highest BCUT2D eigenvalue weighted by molar-refractivity contribution is 5.82. The summed E-state index contributed by atoms with van der Waals surface area (Å²) < 4.78 is 63.6. The van der Waals surface area contributed by atoms with Gasteiger partial charge in [0.2, 0.25) is 11.6 Å². The van der Waals surface area contributed by atoms with Crippen molar-refractivity contribution in [3.63, 3.8) is 0 Å². The molecular formula is C27H19F4N3O3. The number of fused-ring (bicyclic) bond motifs is 1. The van der Waals surface area contributed by atoms with Gasteiger partial charge in [-0.3, -0.25) is 4.79 Å². The maximum absolute atomic E-state index is 14.8. The second kappa shape index (κ2) is 9.81. The lowest BCUT2D eigenvalue weighted by atomic mass is 10.0. The molecule has 0 aliphatic rings. The van der Waals surface area contributed by atoms with Gasteiger partial charge >= 0.3 is 5.97 Å². The topological polar surface area (TPSA) is 91.0 Å². The Morgan fingerprint density at radius 1 is 0.973 bits per heavy atom.